The van der Waals surface area contributed by atoms with E-state index in [0.717, 1.165) is 45.4 Å². The van der Waals surface area contributed by atoms with Gasteiger partial charge in [-0.2, -0.15) is 0 Å². The first-order valence-electron chi connectivity index (χ1n) is 10.2. The second kappa shape index (κ2) is 12.0. The van der Waals surface area contributed by atoms with Crippen LogP contribution in [0.2, 0.25) is 0 Å². The number of nitrogens with zero attached hydrogens (tertiary/aromatic N) is 2. The van der Waals surface area contributed by atoms with Gasteiger partial charge < -0.3 is 20.3 Å². The van der Waals surface area contributed by atoms with Gasteiger partial charge in [0.25, 0.3) is 0 Å². The number of ether oxygens (including phenoxy) is 1. The third-order valence-corrected chi connectivity index (χ3v) is 5.02. The molecule has 2 N–H and O–H groups in total. The van der Waals surface area contributed by atoms with E-state index in [0.29, 0.717) is 6.54 Å². The van der Waals surface area contributed by atoms with E-state index in [-0.39, 0.29) is 24.0 Å². The highest BCUT2D eigenvalue weighted by molar-refractivity contribution is 14.0. The molecule has 1 heterocycles. The molecule has 5 nitrogen and oxygen atoms in total. The molecule has 1 aliphatic heterocycles. The van der Waals surface area contributed by atoms with Crippen molar-refractivity contribution in [2.24, 2.45) is 4.99 Å². The van der Waals surface area contributed by atoms with Crippen molar-refractivity contribution in [3.63, 3.8) is 0 Å². The van der Waals surface area contributed by atoms with Crippen LogP contribution in [0.5, 0.6) is 0 Å². The minimum absolute atomic E-state index is 0. The lowest BCUT2D eigenvalue weighted by molar-refractivity contribution is 0.122. The van der Waals surface area contributed by atoms with E-state index in [1.807, 2.05) is 0 Å². The molecule has 0 aliphatic carbocycles. The maximum atomic E-state index is 5.43. The van der Waals surface area contributed by atoms with Crippen LogP contribution in [0.1, 0.15) is 29.2 Å². The highest BCUT2D eigenvalue weighted by Crippen LogP contribution is 2.17. The molecule has 0 amide bonds. The fourth-order valence-electron chi connectivity index (χ4n) is 3.37. The predicted molar refractivity (Wildman–Crippen MR) is 132 cm³/mol. The highest BCUT2D eigenvalue weighted by Gasteiger charge is 2.10. The first kappa shape index (κ1) is 23.5. The van der Waals surface area contributed by atoms with Crippen LogP contribution in [0.4, 0.5) is 5.69 Å². The summed E-state index contributed by atoms with van der Waals surface area (Å²) in [6, 6.07) is 15.3. The smallest absolute Gasteiger partial charge is 0.191 e. The summed E-state index contributed by atoms with van der Waals surface area (Å²) < 4.78 is 5.43. The van der Waals surface area contributed by atoms with Gasteiger partial charge in [0.1, 0.15) is 0 Å². The van der Waals surface area contributed by atoms with Crippen LogP contribution in [0.15, 0.2) is 47.5 Å². The molecule has 6 heteroatoms. The Balaban J connectivity index is 0.00000300. The maximum Gasteiger partial charge on any atom is 0.191 e. The highest BCUT2D eigenvalue weighted by atomic mass is 127. The lowest BCUT2D eigenvalue weighted by atomic mass is 10.1. The van der Waals surface area contributed by atoms with Gasteiger partial charge in [0.05, 0.1) is 19.8 Å². The third kappa shape index (κ3) is 7.19. The Labute approximate surface area is 192 Å². The van der Waals surface area contributed by atoms with Gasteiger partial charge in [-0.05, 0) is 49.6 Å². The van der Waals surface area contributed by atoms with Crippen molar-refractivity contribution in [3.05, 3.63) is 64.7 Å². The van der Waals surface area contributed by atoms with Gasteiger partial charge in [-0.3, -0.25) is 0 Å². The maximum absolute atomic E-state index is 5.43. The van der Waals surface area contributed by atoms with Gasteiger partial charge in [0, 0.05) is 31.9 Å². The SMILES string of the molecule is CCNC(=NCc1ccc(N2CCOCC2)cc1)NCc1ccc(C)cc1C.I. The number of benzene rings is 2. The number of hydrogen-bond acceptors (Lipinski definition) is 3. The molecular formula is C23H33IN4O. The van der Waals surface area contributed by atoms with Gasteiger partial charge >= 0.3 is 0 Å². The number of guanidine groups is 1. The number of halogens is 1. The zero-order valence-corrected chi connectivity index (χ0v) is 20.0. The fourth-order valence-corrected chi connectivity index (χ4v) is 3.37. The van der Waals surface area contributed by atoms with Crippen LogP contribution < -0.4 is 15.5 Å². The molecule has 0 saturated carbocycles. The number of nitrogens with one attached hydrogen (secondary N) is 2. The van der Waals surface area contributed by atoms with Crippen LogP contribution in [0.3, 0.4) is 0 Å². The van der Waals surface area contributed by atoms with Crippen molar-refractivity contribution in [2.45, 2.75) is 33.9 Å². The second-order valence-electron chi connectivity index (χ2n) is 7.24. The second-order valence-corrected chi connectivity index (χ2v) is 7.24. The van der Waals surface area contributed by atoms with E-state index in [9.17, 15) is 0 Å². The van der Waals surface area contributed by atoms with Gasteiger partial charge in [-0.25, -0.2) is 4.99 Å². The molecule has 0 radical (unpaired) electrons. The molecule has 1 aliphatic rings. The molecule has 0 unspecified atom stereocenters. The van der Waals surface area contributed by atoms with Crippen molar-refractivity contribution in [1.29, 1.82) is 0 Å². The summed E-state index contributed by atoms with van der Waals surface area (Å²) in [7, 11) is 0. The standard InChI is InChI=1S/C23H32N4O.HI/c1-4-24-23(26-17-21-8-5-18(2)15-19(21)3)25-16-20-6-9-22(10-7-20)27-11-13-28-14-12-27;/h5-10,15H,4,11-14,16-17H2,1-3H3,(H2,24,25,26);1H. The molecular weight excluding hydrogens is 475 g/mol. The van der Waals surface area contributed by atoms with Crippen molar-refractivity contribution < 1.29 is 4.74 Å². The largest absolute Gasteiger partial charge is 0.378 e. The average Bonchev–Trinajstić information content (AvgIpc) is 2.72. The van der Waals surface area contributed by atoms with E-state index in [2.05, 4.69) is 78.8 Å². The normalized spacial score (nSPS) is 14.3. The molecule has 0 atom stereocenters. The van der Waals surface area contributed by atoms with Crippen LogP contribution in [-0.2, 0) is 17.8 Å². The Morgan fingerprint density at radius 2 is 1.76 bits per heavy atom. The summed E-state index contributed by atoms with van der Waals surface area (Å²) >= 11 is 0. The molecule has 2 aromatic carbocycles. The summed E-state index contributed by atoms with van der Waals surface area (Å²) in [5.41, 5.74) is 6.37. The molecule has 3 rings (SSSR count). The fraction of sp³-hybridized carbons (Fsp3) is 0.435. The minimum atomic E-state index is 0. The number of morpholine rings is 1. The molecule has 0 bridgehead atoms. The summed E-state index contributed by atoms with van der Waals surface area (Å²) in [5.74, 6) is 0.847. The Kier molecular flexibility index (Phi) is 9.73. The van der Waals surface area contributed by atoms with Crippen LogP contribution in [-0.4, -0.2) is 38.8 Å². The third-order valence-electron chi connectivity index (χ3n) is 5.02. The Morgan fingerprint density at radius 1 is 1.03 bits per heavy atom. The molecule has 0 aromatic heterocycles. The zero-order valence-electron chi connectivity index (χ0n) is 17.7. The van der Waals surface area contributed by atoms with Crippen molar-refractivity contribution >= 4 is 35.6 Å². The molecule has 1 saturated heterocycles. The van der Waals surface area contributed by atoms with E-state index < -0.39 is 0 Å². The average molecular weight is 508 g/mol. The lowest BCUT2D eigenvalue weighted by Gasteiger charge is -2.28. The monoisotopic (exact) mass is 508 g/mol. The summed E-state index contributed by atoms with van der Waals surface area (Å²) in [4.78, 5) is 7.12. The van der Waals surface area contributed by atoms with Crippen LogP contribution in [0, 0.1) is 13.8 Å². The lowest BCUT2D eigenvalue weighted by Crippen LogP contribution is -2.37. The van der Waals surface area contributed by atoms with Gasteiger partial charge in [0.2, 0.25) is 0 Å². The van der Waals surface area contributed by atoms with Crippen molar-refractivity contribution in [3.8, 4) is 0 Å². The van der Waals surface area contributed by atoms with E-state index in [1.165, 1.54) is 27.9 Å². The van der Waals surface area contributed by atoms with Gasteiger partial charge in [-0.1, -0.05) is 35.9 Å². The summed E-state index contributed by atoms with van der Waals surface area (Å²) in [5, 5.41) is 6.78. The Morgan fingerprint density at radius 3 is 2.41 bits per heavy atom. The first-order chi connectivity index (χ1) is 13.7. The topological polar surface area (TPSA) is 48.9 Å². The number of aliphatic imine (C=N–C) groups is 1. The van der Waals surface area contributed by atoms with Crippen molar-refractivity contribution in [2.75, 3.05) is 37.7 Å². The van der Waals surface area contributed by atoms with Gasteiger partial charge in [0.15, 0.2) is 5.96 Å². The summed E-state index contributed by atoms with van der Waals surface area (Å²) in [6.45, 7) is 12.2. The Hall–Kier alpha value is -1.80. The summed E-state index contributed by atoms with van der Waals surface area (Å²) in [6.07, 6.45) is 0. The molecule has 2 aromatic rings. The molecule has 29 heavy (non-hydrogen) atoms. The van der Waals surface area contributed by atoms with E-state index in [1.54, 1.807) is 0 Å². The quantitative estimate of drug-likeness (QED) is 0.352. The van der Waals surface area contributed by atoms with Crippen LogP contribution >= 0.6 is 24.0 Å². The predicted octanol–water partition coefficient (Wildman–Crippen LogP) is 4.01. The molecule has 0 spiro atoms. The number of anilines is 1. The van der Waals surface area contributed by atoms with Gasteiger partial charge in [-0.15, -0.1) is 24.0 Å². The van der Waals surface area contributed by atoms with Crippen molar-refractivity contribution in [1.82, 2.24) is 10.6 Å². The van der Waals surface area contributed by atoms with Crippen LogP contribution in [0.25, 0.3) is 0 Å². The first-order valence-corrected chi connectivity index (χ1v) is 10.2. The Bertz CT molecular complexity index is 786. The molecule has 1 fully saturated rings. The van der Waals surface area contributed by atoms with E-state index in [4.69, 9.17) is 9.73 Å². The van der Waals surface area contributed by atoms with E-state index >= 15 is 0 Å². The number of hydrogen-bond donors (Lipinski definition) is 2. The minimum Gasteiger partial charge on any atom is -0.378 e. The molecule has 158 valence electrons. The number of rotatable bonds is 6. The number of aryl methyl sites for hydroxylation is 2. The zero-order chi connectivity index (χ0) is 19.8.